The minimum absolute atomic E-state index is 0.104. The Morgan fingerprint density at radius 3 is 0.756 bits per heavy atom. The number of aliphatic hydroxyl groups is 9. The van der Waals surface area contributed by atoms with E-state index in [0.717, 1.165) is 57.8 Å². The Bertz CT molecular complexity index is 3400. The normalized spacial score (nSPS) is 12.6. The topological polar surface area (TPSA) is 770 Å². The quantitative estimate of drug-likeness (QED) is 0.0179. The van der Waals surface area contributed by atoms with Gasteiger partial charge < -0.3 is 121 Å². The number of aromatic nitrogens is 3. The van der Waals surface area contributed by atoms with Crippen LogP contribution < -0.4 is 34.4 Å². The highest BCUT2D eigenvalue weighted by Crippen LogP contribution is 2.14. The zero-order valence-corrected chi connectivity index (χ0v) is 66.8. The summed E-state index contributed by atoms with van der Waals surface area (Å²) in [6.07, 6.45) is 10.2. The molecule has 0 fully saturated rings. The number of benzene rings is 3. The molecule has 38 nitrogen and oxygen atoms in total. The van der Waals surface area contributed by atoms with E-state index < -0.39 is 109 Å². The molecular weight excluding hydrogens is 1550 g/mol. The summed E-state index contributed by atoms with van der Waals surface area (Å²) >= 11 is 0. The van der Waals surface area contributed by atoms with Crippen molar-refractivity contribution in [1.82, 2.24) is 15.0 Å². The van der Waals surface area contributed by atoms with Crippen LogP contribution in [0.4, 0.5) is 0 Å². The maximum absolute atomic E-state index is 10.2. The number of aliphatic hydroxyl groups excluding tert-OH is 9. The number of carboxylic acid groups (broad SMARTS) is 8. The fraction of sp³-hybridized carbons (Fsp3) is 0.444. The summed E-state index contributed by atoms with van der Waals surface area (Å²) in [4.78, 5) is 92.4. The fourth-order valence-corrected chi connectivity index (χ4v) is 7.52. The lowest BCUT2D eigenvalue weighted by Gasteiger charge is -2.03. The van der Waals surface area contributed by atoms with Crippen LogP contribution in [0.1, 0.15) is 207 Å². The Labute approximate surface area is 691 Å². The predicted molar refractivity (Wildman–Crippen MR) is 435 cm³/mol. The summed E-state index contributed by atoms with van der Waals surface area (Å²) in [5.74, 6) is -8.78. The average Bonchev–Trinajstić information content (AvgIpc) is 0.915. The number of carbonyl (C=O) groups is 8. The van der Waals surface area contributed by atoms with Crippen molar-refractivity contribution in [2.75, 3.05) is 19.8 Å². The van der Waals surface area contributed by atoms with Gasteiger partial charge in [0.25, 0.3) is 0 Å². The molecule has 0 saturated carbocycles. The Morgan fingerprint density at radius 2 is 0.529 bits per heavy atom. The molecule has 3 aromatic heterocycles. The maximum atomic E-state index is 10.2. The molecule has 3 aromatic carbocycles. The molecule has 6 rings (SSSR count). The van der Waals surface area contributed by atoms with Gasteiger partial charge in [0.05, 0.1) is 47.4 Å². The highest BCUT2D eigenvalue weighted by Gasteiger charge is 2.19. The Morgan fingerprint density at radius 1 is 0.294 bits per heavy atom. The molecule has 0 aliphatic rings. The van der Waals surface area contributed by atoms with Gasteiger partial charge in [0.15, 0.2) is 36.6 Å². The molecule has 6 aromatic rings. The molecule has 119 heavy (non-hydrogen) atoms. The second kappa shape index (κ2) is 80.0. The van der Waals surface area contributed by atoms with Gasteiger partial charge in [0.1, 0.15) is 30.2 Å². The molecule has 0 spiro atoms. The molecule has 4 unspecified atom stereocenters. The highest BCUT2D eigenvalue weighted by atomic mass is 16.4. The van der Waals surface area contributed by atoms with E-state index in [1.54, 1.807) is 140 Å². The van der Waals surface area contributed by atoms with Gasteiger partial charge in [0.2, 0.25) is 0 Å². The fourth-order valence-electron chi connectivity index (χ4n) is 7.52. The minimum Gasteiger partial charge on any atom is -0.480 e. The number of carboxylic acids is 8. The second-order valence-electron chi connectivity index (χ2n) is 24.4. The SMILES string of the molecule is CCCCC(N)C#N.CCCC[C@@H](N)C(=O)O.CCCC[C@H](N)C(=O)O.N#CC(N)CCCCO.N#CC(O)c1ccccc1.N#CC(O)c1ccccn1.N[C@@H](CCCCO)C(=O)O.N[C@H](CCCCO)C(=O)O.O=C(O)[C@@H](O)c1ccccc1.O=C(O)[C@@H](O)c1ccccn1.O=C(O)[C@H](O)c1ccccc1.O=C(O)[C@H](O)c1ccccn1. The summed E-state index contributed by atoms with van der Waals surface area (Å²) < 4.78 is 0. The second-order valence-corrected chi connectivity index (χ2v) is 24.4. The van der Waals surface area contributed by atoms with Crippen molar-refractivity contribution in [1.29, 1.82) is 21.0 Å². The smallest absolute Gasteiger partial charge is 0.338 e. The molecule has 38 heteroatoms. The van der Waals surface area contributed by atoms with E-state index in [1.165, 1.54) is 30.7 Å². The number of nitriles is 4. The van der Waals surface area contributed by atoms with Crippen LogP contribution in [-0.2, 0) is 38.4 Å². The average molecular weight is 1670 g/mol. The lowest BCUT2D eigenvalue weighted by atomic mass is 10.1. The molecule has 29 N–H and O–H groups in total. The predicted octanol–water partition coefficient (Wildman–Crippen LogP) is 5.22. The monoisotopic (exact) mass is 1670 g/mol. The van der Waals surface area contributed by atoms with Gasteiger partial charge in [-0.2, -0.15) is 21.0 Å². The van der Waals surface area contributed by atoms with Crippen LogP contribution in [0.2, 0.25) is 0 Å². The van der Waals surface area contributed by atoms with Gasteiger partial charge in [-0.05, 0) is 130 Å². The van der Waals surface area contributed by atoms with Crippen LogP contribution in [0.3, 0.4) is 0 Å². The van der Waals surface area contributed by atoms with E-state index >= 15 is 0 Å². The van der Waals surface area contributed by atoms with Crippen LogP contribution >= 0.6 is 0 Å². The van der Waals surface area contributed by atoms with E-state index in [9.17, 15) is 38.4 Å². The molecule has 0 radical (unpaired) electrons. The number of hydrogen-bond acceptors (Lipinski definition) is 30. The van der Waals surface area contributed by atoms with Gasteiger partial charge in [-0.3, -0.25) is 34.1 Å². The third kappa shape index (κ3) is 71.3. The number of hydrogen-bond donors (Lipinski definition) is 23. The van der Waals surface area contributed by atoms with Crippen molar-refractivity contribution >= 4 is 47.8 Å². The van der Waals surface area contributed by atoms with Crippen molar-refractivity contribution in [2.24, 2.45) is 34.4 Å². The third-order valence-corrected chi connectivity index (χ3v) is 14.4. The zero-order valence-electron chi connectivity index (χ0n) is 66.8. The van der Waals surface area contributed by atoms with Crippen LogP contribution in [0, 0.1) is 45.3 Å². The van der Waals surface area contributed by atoms with Crippen molar-refractivity contribution < 1.29 is 125 Å². The van der Waals surface area contributed by atoms with Crippen LogP contribution in [-0.4, -0.2) is 206 Å². The van der Waals surface area contributed by atoms with E-state index in [2.05, 4.69) is 21.9 Å². The Hall–Kier alpha value is -11.8. The van der Waals surface area contributed by atoms with Gasteiger partial charge in [-0.15, -0.1) is 0 Å². The molecule has 12 atom stereocenters. The molecule has 658 valence electrons. The molecule has 0 aliphatic heterocycles. The number of nitrogens with zero attached hydrogens (tertiary/aromatic N) is 7. The largest absolute Gasteiger partial charge is 0.480 e. The van der Waals surface area contributed by atoms with Crippen molar-refractivity contribution in [2.45, 2.75) is 209 Å². The summed E-state index contributed by atoms with van der Waals surface area (Å²) in [6.45, 7) is 6.50. The molecular formula is C81H119N13O25. The number of rotatable bonds is 35. The van der Waals surface area contributed by atoms with E-state index in [1.807, 2.05) is 32.1 Å². The number of pyridine rings is 3. The first kappa shape index (κ1) is 118. The molecule has 0 amide bonds. The molecule has 3 heterocycles. The summed E-state index contributed by atoms with van der Waals surface area (Å²) in [7, 11) is 0. The molecule has 0 bridgehead atoms. The Balaban J connectivity index is -0.000000293. The first-order chi connectivity index (χ1) is 56.4. The van der Waals surface area contributed by atoms with Crippen LogP contribution in [0.25, 0.3) is 0 Å². The molecule has 0 aliphatic carbocycles. The van der Waals surface area contributed by atoms with Crippen molar-refractivity contribution in [3.05, 3.63) is 198 Å². The highest BCUT2D eigenvalue weighted by molar-refractivity contribution is 5.76. The van der Waals surface area contributed by atoms with Crippen LogP contribution in [0.5, 0.6) is 0 Å². The van der Waals surface area contributed by atoms with E-state index in [-0.39, 0.29) is 43.3 Å². The minimum atomic E-state index is -1.52. The third-order valence-electron chi connectivity index (χ3n) is 14.4. The number of nitrogens with two attached hydrogens (primary N) is 6. The zero-order chi connectivity index (χ0) is 91.9. The van der Waals surface area contributed by atoms with Gasteiger partial charge in [0, 0.05) is 38.4 Å². The standard InChI is InChI=1S/C8H7NO.2C8H8O3.C7H6N2O.2C7H7NO3.C6H12N2O.C6H12N2.2C6H13NO3.2C6H13NO2/c9-6-8(10)7-4-2-1-3-5-7;2*9-7(8(10)11)6-4-2-1-3-5-6;8-5-7(10)6-3-1-2-4-9-6;2*9-6(7(10)11)5-3-1-2-4-8-5;7-5-6(8)3-1-2-4-9;1-2-3-4-6(8)5-7;2*7-5(6(9)10)3-1-2-4-8;2*1-2-3-4-5(7)6(8)9/h1-5,8,10H;2*1-5,7,9H,(H,10,11);1-4,7,10H;2*1-4,6,9H,(H,10,11);6,9H,1-4,8H2;6H,2-4,8H2,1H3;2*5,8H,1-4,7H2,(H,9,10);2*5H,2-4,7H2,1H3,(H,8,9)/t;2*7-;;2*6-;;;4*5-/m.10.10..1010/s1. The van der Waals surface area contributed by atoms with Crippen LogP contribution in [0.15, 0.2) is 164 Å². The number of unbranched alkanes of at least 4 members (excludes halogenated alkanes) is 6. The lowest BCUT2D eigenvalue weighted by molar-refractivity contribution is -0.148. The first-order valence-electron chi connectivity index (χ1n) is 37.1. The summed E-state index contributed by atoms with van der Waals surface area (Å²) in [6, 6.07) is 43.7. The summed E-state index contributed by atoms with van der Waals surface area (Å²) in [5, 5.41) is 178. The van der Waals surface area contributed by atoms with Gasteiger partial charge in [-0.1, -0.05) is 168 Å². The number of aliphatic carboxylic acids is 8. The van der Waals surface area contributed by atoms with E-state index in [4.69, 9.17) is 142 Å². The maximum Gasteiger partial charge on any atom is 0.338 e. The lowest BCUT2D eigenvalue weighted by Crippen LogP contribution is -2.29. The summed E-state index contributed by atoms with van der Waals surface area (Å²) in [5.41, 5.74) is 33.5. The van der Waals surface area contributed by atoms with Gasteiger partial charge >= 0.3 is 47.8 Å². The van der Waals surface area contributed by atoms with E-state index in [0.29, 0.717) is 80.2 Å². The molecule has 0 saturated heterocycles. The van der Waals surface area contributed by atoms with Crippen molar-refractivity contribution in [3.63, 3.8) is 0 Å². The first-order valence-corrected chi connectivity index (χ1v) is 37.1. The Kier molecular flexibility index (Phi) is 79.4. The van der Waals surface area contributed by atoms with Crippen molar-refractivity contribution in [3.8, 4) is 24.3 Å². The van der Waals surface area contributed by atoms with Gasteiger partial charge in [-0.25, -0.2) is 19.2 Å².